The Bertz CT molecular complexity index is 1010. The molecule has 0 spiro atoms. The van der Waals surface area contributed by atoms with Gasteiger partial charge >= 0.3 is 0 Å². The number of rotatable bonds is 7. The summed E-state index contributed by atoms with van der Waals surface area (Å²) in [5, 5.41) is 3.10. The van der Waals surface area contributed by atoms with Gasteiger partial charge in [0.1, 0.15) is 11.9 Å². The summed E-state index contributed by atoms with van der Waals surface area (Å²) in [7, 11) is 0. The molecule has 2 aromatic rings. The Hall–Kier alpha value is -2.77. The third-order valence-electron chi connectivity index (χ3n) is 7.06. The third kappa shape index (κ3) is 5.47. The number of hydrogen-bond donors (Lipinski definition) is 1. The Balaban J connectivity index is 1.53. The van der Waals surface area contributed by atoms with Crippen LogP contribution >= 0.6 is 0 Å². The molecule has 2 amide bonds. The number of ether oxygens (including phenoxy) is 1. The molecule has 4 rings (SSSR count). The average molecular weight is 468 g/mol. The Kier molecular flexibility index (Phi) is 7.95. The molecular formula is C27H34FN3O3. The summed E-state index contributed by atoms with van der Waals surface area (Å²) in [6.45, 7) is 7.32. The van der Waals surface area contributed by atoms with Gasteiger partial charge in [0.15, 0.2) is 0 Å². The van der Waals surface area contributed by atoms with Gasteiger partial charge < -0.3 is 15.0 Å². The average Bonchev–Trinajstić information content (AvgIpc) is 2.87. The zero-order valence-corrected chi connectivity index (χ0v) is 20.0. The fourth-order valence-electron chi connectivity index (χ4n) is 4.82. The van der Waals surface area contributed by atoms with Crippen LogP contribution in [-0.4, -0.2) is 60.5 Å². The highest BCUT2D eigenvalue weighted by Crippen LogP contribution is 2.27. The molecule has 3 atom stereocenters. The highest BCUT2D eigenvalue weighted by Gasteiger charge is 2.36. The second-order valence-corrected chi connectivity index (χ2v) is 9.23. The lowest BCUT2D eigenvalue weighted by atomic mass is 9.92. The zero-order valence-electron chi connectivity index (χ0n) is 20.0. The smallest absolute Gasteiger partial charge is 0.243 e. The standard InChI is InChI=1S/C27H34FN3O3/c1-3-19(2)27(33)31-18-22-8-5-4-7-20(22)16-24(31)26(32)29-17-25(30-11-13-34-14-12-30)21-9-6-10-23(28)15-21/h4-10,15,19,24-25H,3,11-14,16-18H2,1-2H3,(H,29,32). The van der Waals surface area contributed by atoms with E-state index in [2.05, 4.69) is 10.2 Å². The molecule has 182 valence electrons. The number of benzene rings is 2. The van der Waals surface area contributed by atoms with Crippen molar-refractivity contribution in [3.63, 3.8) is 0 Å². The lowest BCUT2D eigenvalue weighted by Crippen LogP contribution is -2.55. The molecule has 3 unspecified atom stereocenters. The van der Waals surface area contributed by atoms with Gasteiger partial charge in [-0.25, -0.2) is 4.39 Å². The second kappa shape index (κ2) is 11.1. The van der Waals surface area contributed by atoms with E-state index in [1.54, 1.807) is 11.0 Å². The van der Waals surface area contributed by atoms with Crippen molar-refractivity contribution in [3.8, 4) is 0 Å². The molecule has 7 heteroatoms. The molecule has 0 bridgehead atoms. The van der Waals surface area contributed by atoms with Crippen LogP contribution in [-0.2, 0) is 27.3 Å². The van der Waals surface area contributed by atoms with E-state index in [1.165, 1.54) is 12.1 Å². The van der Waals surface area contributed by atoms with Crippen LogP contribution in [0, 0.1) is 11.7 Å². The number of carbonyl (C=O) groups is 2. The first-order chi connectivity index (χ1) is 16.5. The fourth-order valence-corrected chi connectivity index (χ4v) is 4.82. The van der Waals surface area contributed by atoms with Crippen LogP contribution in [0.2, 0.25) is 0 Å². The van der Waals surface area contributed by atoms with Crippen LogP contribution in [0.25, 0.3) is 0 Å². The van der Waals surface area contributed by atoms with Crippen LogP contribution in [0.1, 0.15) is 43.0 Å². The summed E-state index contributed by atoms with van der Waals surface area (Å²) in [6, 6.07) is 13.8. The summed E-state index contributed by atoms with van der Waals surface area (Å²) in [5.41, 5.74) is 3.02. The van der Waals surface area contributed by atoms with E-state index in [4.69, 9.17) is 4.74 Å². The van der Waals surface area contributed by atoms with Crippen molar-refractivity contribution in [2.24, 2.45) is 5.92 Å². The molecule has 0 saturated carbocycles. The van der Waals surface area contributed by atoms with E-state index >= 15 is 0 Å². The minimum Gasteiger partial charge on any atom is -0.379 e. The maximum atomic E-state index is 14.0. The summed E-state index contributed by atoms with van der Waals surface area (Å²) >= 11 is 0. The molecule has 6 nitrogen and oxygen atoms in total. The van der Waals surface area contributed by atoms with Crippen molar-refractivity contribution in [2.45, 2.75) is 45.3 Å². The molecule has 1 saturated heterocycles. The minimum absolute atomic E-state index is 0.00649. The van der Waals surface area contributed by atoms with Crippen LogP contribution in [0.15, 0.2) is 48.5 Å². The molecule has 2 aromatic carbocycles. The van der Waals surface area contributed by atoms with E-state index in [0.717, 1.165) is 23.1 Å². The number of nitrogens with one attached hydrogen (secondary N) is 1. The highest BCUT2D eigenvalue weighted by molar-refractivity contribution is 5.89. The maximum absolute atomic E-state index is 14.0. The molecule has 1 fully saturated rings. The summed E-state index contributed by atoms with van der Waals surface area (Å²) < 4.78 is 19.5. The lowest BCUT2D eigenvalue weighted by molar-refractivity contribution is -0.144. The third-order valence-corrected chi connectivity index (χ3v) is 7.06. The number of morpholine rings is 1. The van der Waals surface area contributed by atoms with Crippen molar-refractivity contribution < 1.29 is 18.7 Å². The van der Waals surface area contributed by atoms with Crippen molar-refractivity contribution in [3.05, 3.63) is 71.0 Å². The van der Waals surface area contributed by atoms with Crippen LogP contribution in [0.5, 0.6) is 0 Å². The highest BCUT2D eigenvalue weighted by atomic mass is 19.1. The number of amides is 2. The van der Waals surface area contributed by atoms with Crippen LogP contribution in [0.3, 0.4) is 0 Å². The minimum atomic E-state index is -0.561. The number of nitrogens with zero attached hydrogens (tertiary/aromatic N) is 2. The first-order valence-electron chi connectivity index (χ1n) is 12.2. The van der Waals surface area contributed by atoms with Gasteiger partial charge in [-0.3, -0.25) is 14.5 Å². The van der Waals surface area contributed by atoms with Gasteiger partial charge in [-0.15, -0.1) is 0 Å². The second-order valence-electron chi connectivity index (χ2n) is 9.23. The van der Waals surface area contributed by atoms with E-state index < -0.39 is 6.04 Å². The first kappa shape index (κ1) is 24.4. The van der Waals surface area contributed by atoms with Crippen LogP contribution in [0.4, 0.5) is 4.39 Å². The van der Waals surface area contributed by atoms with Gasteiger partial charge in [0, 0.05) is 38.5 Å². The molecule has 0 aromatic heterocycles. The van der Waals surface area contributed by atoms with Gasteiger partial charge in [-0.2, -0.15) is 0 Å². The maximum Gasteiger partial charge on any atom is 0.243 e. The van der Waals surface area contributed by atoms with Gasteiger partial charge in [0.25, 0.3) is 0 Å². The van der Waals surface area contributed by atoms with Crippen molar-refractivity contribution in [1.82, 2.24) is 15.1 Å². The Morgan fingerprint density at radius 1 is 1.12 bits per heavy atom. The fraction of sp³-hybridized carbons (Fsp3) is 0.481. The molecule has 2 heterocycles. The van der Waals surface area contributed by atoms with E-state index in [1.807, 2.05) is 44.2 Å². The normalized spacial score (nSPS) is 20.3. The van der Waals surface area contributed by atoms with E-state index in [0.29, 0.717) is 45.8 Å². The van der Waals surface area contributed by atoms with Gasteiger partial charge in [-0.1, -0.05) is 50.2 Å². The molecule has 1 N–H and O–H groups in total. The van der Waals surface area contributed by atoms with E-state index in [9.17, 15) is 14.0 Å². The number of carbonyl (C=O) groups excluding carboxylic acids is 2. The van der Waals surface area contributed by atoms with Crippen molar-refractivity contribution >= 4 is 11.8 Å². The van der Waals surface area contributed by atoms with E-state index in [-0.39, 0.29) is 29.6 Å². The SMILES string of the molecule is CCC(C)C(=O)N1Cc2ccccc2CC1C(=O)NCC(c1cccc(F)c1)N1CCOCC1. The number of hydrogen-bond acceptors (Lipinski definition) is 4. The summed E-state index contributed by atoms with van der Waals surface area (Å²) in [4.78, 5) is 30.6. The van der Waals surface area contributed by atoms with Crippen molar-refractivity contribution in [2.75, 3.05) is 32.8 Å². The van der Waals surface area contributed by atoms with Crippen LogP contribution < -0.4 is 5.32 Å². The largest absolute Gasteiger partial charge is 0.379 e. The van der Waals surface area contributed by atoms with Gasteiger partial charge in [0.2, 0.25) is 11.8 Å². The molecule has 0 radical (unpaired) electrons. The zero-order chi connectivity index (χ0) is 24.1. The predicted octanol–water partition coefficient (Wildman–Crippen LogP) is 3.31. The molecule has 34 heavy (non-hydrogen) atoms. The Labute approximate surface area is 201 Å². The topological polar surface area (TPSA) is 61.9 Å². The van der Waals surface area contributed by atoms with Gasteiger partial charge in [0.05, 0.1) is 19.3 Å². The molecule has 2 aliphatic rings. The Morgan fingerprint density at radius 2 is 1.85 bits per heavy atom. The lowest BCUT2D eigenvalue weighted by Gasteiger charge is -2.38. The van der Waals surface area contributed by atoms with Crippen molar-refractivity contribution in [1.29, 1.82) is 0 Å². The quantitative estimate of drug-likeness (QED) is 0.679. The van der Waals surface area contributed by atoms with Gasteiger partial charge in [-0.05, 0) is 35.2 Å². The first-order valence-corrected chi connectivity index (χ1v) is 12.2. The molecular weight excluding hydrogens is 433 g/mol. The summed E-state index contributed by atoms with van der Waals surface area (Å²) in [5.74, 6) is -0.599. The predicted molar refractivity (Wildman–Crippen MR) is 128 cm³/mol. The monoisotopic (exact) mass is 467 g/mol. The molecule has 2 aliphatic heterocycles. The number of halogens is 1. The Morgan fingerprint density at radius 3 is 2.56 bits per heavy atom. The number of fused-ring (bicyclic) bond motifs is 1. The summed E-state index contributed by atoms with van der Waals surface area (Å²) in [6.07, 6.45) is 1.22. The molecule has 0 aliphatic carbocycles.